The first kappa shape index (κ1) is 17.0. The van der Waals surface area contributed by atoms with Gasteiger partial charge in [-0.2, -0.15) is 0 Å². The van der Waals surface area contributed by atoms with Gasteiger partial charge in [0, 0.05) is 10.7 Å². The summed E-state index contributed by atoms with van der Waals surface area (Å²) in [6.07, 6.45) is 0. The summed E-state index contributed by atoms with van der Waals surface area (Å²) in [6, 6.07) is 10.7. The maximum absolute atomic E-state index is 12.1. The van der Waals surface area contributed by atoms with Crippen LogP contribution in [0, 0.1) is 20.8 Å². The number of esters is 1. The normalized spacial score (nSPS) is 10.3. The minimum absolute atomic E-state index is 0.349. The summed E-state index contributed by atoms with van der Waals surface area (Å²) in [6.45, 7) is 5.24. The van der Waals surface area contributed by atoms with Crippen LogP contribution in [0.25, 0.3) is 0 Å². The van der Waals surface area contributed by atoms with E-state index in [-0.39, 0.29) is 6.61 Å². The van der Waals surface area contributed by atoms with E-state index in [4.69, 9.17) is 16.3 Å². The summed E-state index contributed by atoms with van der Waals surface area (Å²) in [5.74, 6) is -0.924. The van der Waals surface area contributed by atoms with Crippen LogP contribution in [0.5, 0.6) is 0 Å². The first-order valence-corrected chi connectivity index (χ1v) is 7.55. The number of rotatable bonds is 4. The zero-order valence-corrected chi connectivity index (χ0v) is 14.0. The predicted molar refractivity (Wildman–Crippen MR) is 91.0 cm³/mol. The molecule has 1 N–H and O–H groups in total. The van der Waals surface area contributed by atoms with Gasteiger partial charge in [-0.3, -0.25) is 4.79 Å². The number of nitrogens with one attached hydrogen (secondary N) is 1. The number of carbonyl (C=O) groups excluding carboxylic acids is 2. The van der Waals surface area contributed by atoms with Crippen molar-refractivity contribution < 1.29 is 14.3 Å². The molecule has 0 spiro atoms. The molecule has 0 radical (unpaired) electrons. The number of halogens is 1. The molecule has 0 unspecified atom stereocenters. The van der Waals surface area contributed by atoms with Gasteiger partial charge < -0.3 is 10.1 Å². The lowest BCUT2D eigenvalue weighted by Crippen LogP contribution is -2.21. The van der Waals surface area contributed by atoms with E-state index in [1.54, 1.807) is 24.3 Å². The molecule has 0 saturated carbocycles. The Balaban J connectivity index is 1.94. The highest BCUT2D eigenvalue weighted by Crippen LogP contribution is 2.20. The van der Waals surface area contributed by atoms with Crippen LogP contribution < -0.4 is 5.32 Å². The van der Waals surface area contributed by atoms with Crippen molar-refractivity contribution in [1.29, 1.82) is 0 Å². The van der Waals surface area contributed by atoms with Gasteiger partial charge in [0.25, 0.3) is 5.91 Å². The van der Waals surface area contributed by atoms with Crippen LogP contribution >= 0.6 is 11.6 Å². The second-order valence-corrected chi connectivity index (χ2v) is 5.81. The van der Waals surface area contributed by atoms with E-state index in [1.165, 1.54) is 0 Å². The molecule has 0 saturated heterocycles. The molecule has 2 aromatic rings. The van der Waals surface area contributed by atoms with Crippen molar-refractivity contribution in [3.8, 4) is 0 Å². The Kier molecular flexibility index (Phi) is 5.40. The molecule has 0 aliphatic heterocycles. The molecule has 2 rings (SSSR count). The van der Waals surface area contributed by atoms with E-state index in [9.17, 15) is 9.59 Å². The standard InChI is InChI=1S/C18H18ClNO3/c1-11-4-5-12(2)15(8-11)18(22)23-10-17(21)20-14-7-6-13(3)16(19)9-14/h4-9H,10H2,1-3H3,(H,20,21). The highest BCUT2D eigenvalue weighted by atomic mass is 35.5. The second kappa shape index (κ2) is 7.29. The molecule has 0 atom stereocenters. The maximum atomic E-state index is 12.1. The Hall–Kier alpha value is -2.33. The summed E-state index contributed by atoms with van der Waals surface area (Å²) in [7, 11) is 0. The fraction of sp³-hybridized carbons (Fsp3) is 0.222. The van der Waals surface area contributed by atoms with Crippen LogP contribution in [0.4, 0.5) is 5.69 Å². The highest BCUT2D eigenvalue weighted by Gasteiger charge is 2.13. The van der Waals surface area contributed by atoms with Gasteiger partial charge in [-0.1, -0.05) is 35.4 Å². The number of hydrogen-bond donors (Lipinski definition) is 1. The number of ether oxygens (including phenoxy) is 1. The first-order valence-electron chi connectivity index (χ1n) is 7.17. The van der Waals surface area contributed by atoms with Crippen LogP contribution in [0.15, 0.2) is 36.4 Å². The van der Waals surface area contributed by atoms with Crippen molar-refractivity contribution in [2.75, 3.05) is 11.9 Å². The summed E-state index contributed by atoms with van der Waals surface area (Å²) in [4.78, 5) is 23.9. The third-order valence-electron chi connectivity index (χ3n) is 3.40. The fourth-order valence-corrected chi connectivity index (χ4v) is 2.21. The Bertz CT molecular complexity index is 756. The number of carbonyl (C=O) groups is 2. The minimum atomic E-state index is -0.511. The predicted octanol–water partition coefficient (Wildman–Crippen LogP) is 4.06. The molecule has 0 heterocycles. The third kappa shape index (κ3) is 4.57. The Morgan fingerprint density at radius 2 is 1.74 bits per heavy atom. The molecule has 23 heavy (non-hydrogen) atoms. The molecule has 5 heteroatoms. The SMILES string of the molecule is Cc1ccc(C)c(C(=O)OCC(=O)Nc2ccc(C)c(Cl)c2)c1. The molecule has 1 amide bonds. The van der Waals surface area contributed by atoms with Crippen molar-refractivity contribution in [3.05, 3.63) is 63.7 Å². The van der Waals surface area contributed by atoms with Crippen molar-refractivity contribution in [1.82, 2.24) is 0 Å². The lowest BCUT2D eigenvalue weighted by Gasteiger charge is -2.09. The molecular formula is C18H18ClNO3. The minimum Gasteiger partial charge on any atom is -0.452 e. The average molecular weight is 332 g/mol. The average Bonchev–Trinajstić information content (AvgIpc) is 2.51. The lowest BCUT2D eigenvalue weighted by atomic mass is 10.1. The summed E-state index contributed by atoms with van der Waals surface area (Å²) < 4.78 is 5.07. The number of aryl methyl sites for hydroxylation is 3. The highest BCUT2D eigenvalue weighted by molar-refractivity contribution is 6.31. The van der Waals surface area contributed by atoms with Crippen molar-refractivity contribution in [2.45, 2.75) is 20.8 Å². The quantitative estimate of drug-likeness (QED) is 0.859. The van der Waals surface area contributed by atoms with Crippen LogP contribution in [-0.2, 0) is 9.53 Å². The maximum Gasteiger partial charge on any atom is 0.338 e. The topological polar surface area (TPSA) is 55.4 Å². The van der Waals surface area contributed by atoms with Gasteiger partial charge in [0.1, 0.15) is 0 Å². The molecule has 0 bridgehead atoms. The molecular weight excluding hydrogens is 314 g/mol. The number of amides is 1. The van der Waals surface area contributed by atoms with E-state index in [2.05, 4.69) is 5.32 Å². The zero-order valence-electron chi connectivity index (χ0n) is 13.3. The number of hydrogen-bond acceptors (Lipinski definition) is 3. The Morgan fingerprint density at radius 3 is 2.43 bits per heavy atom. The van der Waals surface area contributed by atoms with Gasteiger partial charge in [0.05, 0.1) is 5.56 Å². The summed E-state index contributed by atoms with van der Waals surface area (Å²) in [5.41, 5.74) is 3.73. The van der Waals surface area contributed by atoms with Gasteiger partial charge in [0.15, 0.2) is 6.61 Å². The van der Waals surface area contributed by atoms with E-state index in [0.29, 0.717) is 16.3 Å². The fourth-order valence-electron chi connectivity index (χ4n) is 2.03. The van der Waals surface area contributed by atoms with Crippen LogP contribution in [0.2, 0.25) is 5.02 Å². The van der Waals surface area contributed by atoms with Gasteiger partial charge in [0.2, 0.25) is 0 Å². The monoisotopic (exact) mass is 331 g/mol. The molecule has 0 fully saturated rings. The largest absolute Gasteiger partial charge is 0.452 e. The van der Waals surface area contributed by atoms with Crippen molar-refractivity contribution in [3.63, 3.8) is 0 Å². The smallest absolute Gasteiger partial charge is 0.338 e. The van der Waals surface area contributed by atoms with E-state index in [0.717, 1.165) is 16.7 Å². The van der Waals surface area contributed by atoms with Gasteiger partial charge >= 0.3 is 5.97 Å². The molecule has 0 aromatic heterocycles. The zero-order chi connectivity index (χ0) is 17.0. The number of benzene rings is 2. The lowest BCUT2D eigenvalue weighted by molar-refractivity contribution is -0.119. The van der Waals surface area contributed by atoms with Crippen LogP contribution in [-0.4, -0.2) is 18.5 Å². The second-order valence-electron chi connectivity index (χ2n) is 5.41. The third-order valence-corrected chi connectivity index (χ3v) is 3.81. The van der Waals surface area contributed by atoms with Crippen molar-refractivity contribution in [2.24, 2.45) is 0 Å². The molecule has 4 nitrogen and oxygen atoms in total. The van der Waals surface area contributed by atoms with E-state index in [1.807, 2.05) is 32.9 Å². The molecule has 0 aliphatic carbocycles. The van der Waals surface area contributed by atoms with Gasteiger partial charge in [-0.25, -0.2) is 4.79 Å². The van der Waals surface area contributed by atoms with Crippen molar-refractivity contribution >= 4 is 29.2 Å². The molecule has 2 aromatic carbocycles. The number of anilines is 1. The summed E-state index contributed by atoms with van der Waals surface area (Å²) in [5, 5.41) is 3.21. The van der Waals surface area contributed by atoms with Gasteiger partial charge in [-0.05, 0) is 50.1 Å². The molecule has 0 aliphatic rings. The van der Waals surface area contributed by atoms with E-state index < -0.39 is 11.9 Å². The van der Waals surface area contributed by atoms with Crippen LogP contribution in [0.1, 0.15) is 27.0 Å². The Morgan fingerprint density at radius 1 is 1.04 bits per heavy atom. The van der Waals surface area contributed by atoms with E-state index >= 15 is 0 Å². The first-order chi connectivity index (χ1) is 10.9. The summed E-state index contributed by atoms with van der Waals surface area (Å²) >= 11 is 6.00. The molecule has 120 valence electrons. The Labute approximate surface area is 140 Å². The van der Waals surface area contributed by atoms with Gasteiger partial charge in [-0.15, -0.1) is 0 Å². The van der Waals surface area contributed by atoms with Crippen LogP contribution in [0.3, 0.4) is 0 Å².